The molecule has 0 bridgehead atoms. The molecular formula is C7H13NO. The van der Waals surface area contributed by atoms with Gasteiger partial charge in [0.2, 0.25) is 0 Å². The topological polar surface area (TPSA) is 35.2 Å². The first-order valence-corrected chi connectivity index (χ1v) is 3.26. The molecule has 2 nitrogen and oxygen atoms in total. The predicted octanol–water partition coefficient (Wildman–Crippen LogP) is 0.680. The van der Waals surface area contributed by atoms with Crippen LogP contribution in [0.25, 0.3) is 0 Å². The van der Waals surface area contributed by atoms with Gasteiger partial charge in [-0.25, -0.2) is 0 Å². The van der Waals surface area contributed by atoms with Crippen molar-refractivity contribution < 1.29 is 4.74 Å². The summed E-state index contributed by atoms with van der Waals surface area (Å²) in [5.41, 5.74) is 5.39. The van der Waals surface area contributed by atoms with Crippen molar-refractivity contribution in [3.05, 3.63) is 12.2 Å². The van der Waals surface area contributed by atoms with Gasteiger partial charge in [0.1, 0.15) is 0 Å². The molecule has 1 aliphatic rings. The largest absolute Gasteiger partial charge is 0.370 e. The van der Waals surface area contributed by atoms with Crippen LogP contribution in [0.4, 0.5) is 0 Å². The summed E-state index contributed by atoms with van der Waals surface area (Å²) in [6, 6.07) is 0. The average molecular weight is 127 g/mol. The molecule has 1 rings (SSSR count). The highest BCUT2D eigenvalue weighted by atomic mass is 16.5. The SMILES string of the molecule is CC1(CN)CC=CCO1. The Morgan fingerprint density at radius 2 is 2.44 bits per heavy atom. The summed E-state index contributed by atoms with van der Waals surface area (Å²) in [6.45, 7) is 3.36. The van der Waals surface area contributed by atoms with Gasteiger partial charge < -0.3 is 10.5 Å². The van der Waals surface area contributed by atoms with Crippen LogP contribution in [0.2, 0.25) is 0 Å². The predicted molar refractivity (Wildman–Crippen MR) is 37.2 cm³/mol. The molecule has 1 atom stereocenters. The number of rotatable bonds is 1. The van der Waals surface area contributed by atoms with E-state index in [1.165, 1.54) is 0 Å². The van der Waals surface area contributed by atoms with Gasteiger partial charge in [0.25, 0.3) is 0 Å². The van der Waals surface area contributed by atoms with Crippen molar-refractivity contribution in [2.24, 2.45) is 5.73 Å². The third-order valence-electron chi connectivity index (χ3n) is 1.68. The van der Waals surface area contributed by atoms with Crippen molar-refractivity contribution in [2.45, 2.75) is 18.9 Å². The maximum atomic E-state index is 5.48. The van der Waals surface area contributed by atoms with Gasteiger partial charge >= 0.3 is 0 Å². The third kappa shape index (κ3) is 1.53. The lowest BCUT2D eigenvalue weighted by Gasteiger charge is -2.29. The van der Waals surface area contributed by atoms with Gasteiger partial charge in [-0.2, -0.15) is 0 Å². The highest BCUT2D eigenvalue weighted by Crippen LogP contribution is 2.17. The van der Waals surface area contributed by atoms with E-state index in [2.05, 4.69) is 6.08 Å². The zero-order chi connectivity index (χ0) is 6.74. The molecule has 1 unspecified atom stereocenters. The van der Waals surface area contributed by atoms with E-state index in [-0.39, 0.29) is 5.60 Å². The van der Waals surface area contributed by atoms with E-state index < -0.39 is 0 Å². The van der Waals surface area contributed by atoms with E-state index in [1.807, 2.05) is 13.0 Å². The second kappa shape index (κ2) is 2.50. The summed E-state index contributed by atoms with van der Waals surface area (Å²) in [4.78, 5) is 0. The molecule has 0 fully saturated rings. The summed E-state index contributed by atoms with van der Waals surface area (Å²) in [6.07, 6.45) is 5.09. The standard InChI is InChI=1S/C7H13NO/c1-7(6-8)4-2-3-5-9-7/h2-3H,4-6,8H2,1H3. The Balaban J connectivity index is 2.50. The van der Waals surface area contributed by atoms with Crippen molar-refractivity contribution in [1.82, 2.24) is 0 Å². The third-order valence-corrected chi connectivity index (χ3v) is 1.68. The highest BCUT2D eigenvalue weighted by molar-refractivity contribution is 4.95. The Morgan fingerprint density at radius 3 is 2.78 bits per heavy atom. The Kier molecular flexibility index (Phi) is 1.88. The molecule has 2 N–H and O–H groups in total. The normalized spacial score (nSPS) is 34.9. The molecule has 2 heteroatoms. The molecule has 52 valence electrons. The van der Waals surface area contributed by atoms with E-state index in [9.17, 15) is 0 Å². The van der Waals surface area contributed by atoms with Gasteiger partial charge in [-0.05, 0) is 13.3 Å². The maximum Gasteiger partial charge on any atom is 0.0814 e. The van der Waals surface area contributed by atoms with Crippen LogP contribution in [0.1, 0.15) is 13.3 Å². The van der Waals surface area contributed by atoms with E-state index >= 15 is 0 Å². The second-order valence-electron chi connectivity index (χ2n) is 2.64. The summed E-state index contributed by atoms with van der Waals surface area (Å²) in [7, 11) is 0. The number of ether oxygens (including phenoxy) is 1. The quantitative estimate of drug-likeness (QED) is 0.526. The fraction of sp³-hybridized carbons (Fsp3) is 0.714. The first-order valence-electron chi connectivity index (χ1n) is 3.26. The number of hydrogen-bond acceptors (Lipinski definition) is 2. The summed E-state index contributed by atoms with van der Waals surface area (Å²) in [5.74, 6) is 0. The van der Waals surface area contributed by atoms with Gasteiger partial charge in [0, 0.05) is 6.54 Å². The van der Waals surface area contributed by atoms with Crippen LogP contribution in [-0.4, -0.2) is 18.8 Å². The molecule has 1 aliphatic heterocycles. The van der Waals surface area contributed by atoms with Crippen molar-refractivity contribution >= 4 is 0 Å². The zero-order valence-electron chi connectivity index (χ0n) is 5.76. The van der Waals surface area contributed by atoms with Crippen LogP contribution in [0.15, 0.2) is 12.2 Å². The van der Waals surface area contributed by atoms with Crippen molar-refractivity contribution in [2.75, 3.05) is 13.2 Å². The van der Waals surface area contributed by atoms with Crippen molar-refractivity contribution in [3.8, 4) is 0 Å². The number of nitrogens with two attached hydrogens (primary N) is 1. The molecule has 0 aromatic rings. The summed E-state index contributed by atoms with van der Waals surface area (Å²) < 4.78 is 5.40. The maximum absolute atomic E-state index is 5.48. The molecular weight excluding hydrogens is 114 g/mol. The van der Waals surface area contributed by atoms with Gasteiger partial charge in [-0.3, -0.25) is 0 Å². The van der Waals surface area contributed by atoms with E-state index in [0.29, 0.717) is 13.2 Å². The summed E-state index contributed by atoms with van der Waals surface area (Å²) in [5, 5.41) is 0. The van der Waals surface area contributed by atoms with Gasteiger partial charge in [-0.1, -0.05) is 12.2 Å². The van der Waals surface area contributed by atoms with E-state index in [0.717, 1.165) is 6.42 Å². The highest BCUT2D eigenvalue weighted by Gasteiger charge is 2.22. The van der Waals surface area contributed by atoms with Gasteiger partial charge in [-0.15, -0.1) is 0 Å². The van der Waals surface area contributed by atoms with Crippen LogP contribution in [0, 0.1) is 0 Å². The fourth-order valence-electron chi connectivity index (χ4n) is 0.851. The molecule has 0 saturated carbocycles. The lowest BCUT2D eigenvalue weighted by Crippen LogP contribution is -2.38. The lowest BCUT2D eigenvalue weighted by atomic mass is 10.0. The smallest absolute Gasteiger partial charge is 0.0814 e. The van der Waals surface area contributed by atoms with Crippen molar-refractivity contribution in [1.29, 1.82) is 0 Å². The molecule has 0 aromatic carbocycles. The Hall–Kier alpha value is -0.340. The molecule has 9 heavy (non-hydrogen) atoms. The van der Waals surface area contributed by atoms with E-state index in [1.54, 1.807) is 0 Å². The molecule has 0 amide bonds. The van der Waals surface area contributed by atoms with Gasteiger partial charge in [0.15, 0.2) is 0 Å². The molecule has 0 saturated heterocycles. The minimum Gasteiger partial charge on any atom is -0.370 e. The molecule has 0 aliphatic carbocycles. The fourth-order valence-corrected chi connectivity index (χ4v) is 0.851. The Labute approximate surface area is 55.7 Å². The zero-order valence-corrected chi connectivity index (χ0v) is 5.76. The molecule has 1 heterocycles. The van der Waals surface area contributed by atoms with Crippen LogP contribution in [-0.2, 0) is 4.74 Å². The van der Waals surface area contributed by atoms with Crippen LogP contribution >= 0.6 is 0 Å². The number of hydrogen-bond donors (Lipinski definition) is 1. The van der Waals surface area contributed by atoms with Gasteiger partial charge in [0.05, 0.1) is 12.2 Å². The second-order valence-corrected chi connectivity index (χ2v) is 2.64. The monoisotopic (exact) mass is 127 g/mol. The van der Waals surface area contributed by atoms with Crippen LogP contribution < -0.4 is 5.73 Å². The Bertz CT molecular complexity index is 122. The first kappa shape index (κ1) is 6.78. The van der Waals surface area contributed by atoms with Crippen LogP contribution in [0.3, 0.4) is 0 Å². The van der Waals surface area contributed by atoms with E-state index in [4.69, 9.17) is 10.5 Å². The van der Waals surface area contributed by atoms with Crippen LogP contribution in [0.5, 0.6) is 0 Å². The minimum absolute atomic E-state index is 0.0885. The summed E-state index contributed by atoms with van der Waals surface area (Å²) >= 11 is 0. The average Bonchev–Trinajstić information content (AvgIpc) is 1.90. The van der Waals surface area contributed by atoms with Crippen molar-refractivity contribution in [3.63, 3.8) is 0 Å². The molecule has 0 radical (unpaired) electrons. The minimum atomic E-state index is -0.0885. The molecule has 0 aromatic heterocycles. The first-order chi connectivity index (χ1) is 4.27. The lowest BCUT2D eigenvalue weighted by molar-refractivity contribution is -0.0139. The molecule has 0 spiro atoms. The Morgan fingerprint density at radius 1 is 1.67 bits per heavy atom.